The molecule has 0 radical (unpaired) electrons. The molecule has 1 N–H and O–H groups in total. The second-order valence-electron chi connectivity index (χ2n) is 3.77. The highest BCUT2D eigenvalue weighted by molar-refractivity contribution is 7.99. The van der Waals surface area contributed by atoms with Gasteiger partial charge in [-0.1, -0.05) is 43.0 Å². The molecule has 0 aliphatic carbocycles. The Labute approximate surface area is 106 Å². The molecular weight excluding hydrogens is 230 g/mol. The number of rotatable bonds is 4. The van der Waals surface area contributed by atoms with E-state index in [9.17, 15) is 5.11 Å². The first-order valence-corrected chi connectivity index (χ1v) is 6.48. The molecule has 0 amide bonds. The molecule has 2 aromatic rings. The lowest BCUT2D eigenvalue weighted by molar-refractivity contribution is 0.173. The summed E-state index contributed by atoms with van der Waals surface area (Å²) in [5.74, 6) is 0. The van der Waals surface area contributed by atoms with Gasteiger partial charge in [-0.2, -0.15) is 0 Å². The van der Waals surface area contributed by atoms with Crippen LogP contribution in [-0.4, -0.2) is 10.1 Å². The average molecular weight is 245 g/mol. The Morgan fingerprint density at radius 2 is 1.94 bits per heavy atom. The van der Waals surface area contributed by atoms with Crippen LogP contribution in [0.15, 0.2) is 58.6 Å². The normalized spacial score (nSPS) is 12.4. The van der Waals surface area contributed by atoms with Crippen LogP contribution in [0.4, 0.5) is 0 Å². The maximum Gasteiger partial charge on any atom is 0.101 e. The van der Waals surface area contributed by atoms with E-state index in [1.165, 1.54) is 4.90 Å². The lowest BCUT2D eigenvalue weighted by atomic mass is 10.1. The topological polar surface area (TPSA) is 33.1 Å². The Balaban J connectivity index is 2.08. The number of aliphatic hydroxyl groups excluding tert-OH is 1. The number of aromatic nitrogens is 1. The summed E-state index contributed by atoms with van der Waals surface area (Å²) in [4.78, 5) is 5.52. The van der Waals surface area contributed by atoms with Crippen LogP contribution in [0.5, 0.6) is 0 Å². The van der Waals surface area contributed by atoms with Gasteiger partial charge in [0.05, 0.1) is 6.10 Å². The quantitative estimate of drug-likeness (QED) is 0.892. The van der Waals surface area contributed by atoms with Crippen LogP contribution in [0.3, 0.4) is 0 Å². The molecule has 17 heavy (non-hydrogen) atoms. The second kappa shape index (κ2) is 5.84. The van der Waals surface area contributed by atoms with Crippen molar-refractivity contribution in [2.75, 3.05) is 0 Å². The van der Waals surface area contributed by atoms with E-state index >= 15 is 0 Å². The van der Waals surface area contributed by atoms with Crippen molar-refractivity contribution >= 4 is 11.8 Å². The Kier molecular flexibility index (Phi) is 4.18. The molecule has 0 aliphatic rings. The van der Waals surface area contributed by atoms with Gasteiger partial charge in [0.1, 0.15) is 5.03 Å². The number of pyridine rings is 1. The van der Waals surface area contributed by atoms with Gasteiger partial charge in [-0.15, -0.1) is 0 Å². The van der Waals surface area contributed by atoms with E-state index in [4.69, 9.17) is 0 Å². The molecular formula is C14H15NOS. The molecule has 0 unspecified atom stereocenters. The van der Waals surface area contributed by atoms with Gasteiger partial charge < -0.3 is 5.11 Å². The maximum atomic E-state index is 9.66. The van der Waals surface area contributed by atoms with E-state index in [1.807, 2.05) is 37.3 Å². The van der Waals surface area contributed by atoms with Gasteiger partial charge in [-0.05, 0) is 30.2 Å². The monoisotopic (exact) mass is 245 g/mol. The Hall–Kier alpha value is -1.32. The summed E-state index contributed by atoms with van der Waals surface area (Å²) in [5.41, 5.74) is 0.880. The summed E-state index contributed by atoms with van der Waals surface area (Å²) in [6.07, 6.45) is 2.06. The van der Waals surface area contributed by atoms with Gasteiger partial charge >= 0.3 is 0 Å². The molecule has 0 bridgehead atoms. The Morgan fingerprint density at radius 3 is 2.53 bits per heavy atom. The summed E-state index contributed by atoms with van der Waals surface area (Å²) in [5, 5.41) is 10.6. The molecule has 0 saturated carbocycles. The fourth-order valence-electron chi connectivity index (χ4n) is 1.49. The van der Waals surface area contributed by atoms with Gasteiger partial charge in [-0.3, -0.25) is 0 Å². The van der Waals surface area contributed by atoms with Crippen LogP contribution in [0.2, 0.25) is 0 Å². The third kappa shape index (κ3) is 3.32. The highest BCUT2D eigenvalue weighted by atomic mass is 32.2. The fraction of sp³-hybridized carbons (Fsp3) is 0.214. The van der Waals surface area contributed by atoms with E-state index in [1.54, 1.807) is 18.0 Å². The zero-order valence-electron chi connectivity index (χ0n) is 9.71. The van der Waals surface area contributed by atoms with Crippen molar-refractivity contribution in [1.82, 2.24) is 4.98 Å². The highest BCUT2D eigenvalue weighted by Gasteiger charge is 2.05. The van der Waals surface area contributed by atoms with Crippen molar-refractivity contribution in [3.63, 3.8) is 0 Å². The van der Waals surface area contributed by atoms with Gasteiger partial charge in [0.25, 0.3) is 0 Å². The van der Waals surface area contributed by atoms with Crippen LogP contribution >= 0.6 is 11.8 Å². The minimum absolute atomic E-state index is 0.404. The largest absolute Gasteiger partial charge is 0.388 e. The number of nitrogens with zero attached hydrogens (tertiary/aromatic N) is 1. The Bertz CT molecular complexity index is 455. The first-order valence-electron chi connectivity index (χ1n) is 5.66. The van der Waals surface area contributed by atoms with E-state index in [2.05, 4.69) is 17.1 Å². The predicted molar refractivity (Wildman–Crippen MR) is 70.1 cm³/mol. The molecule has 1 aromatic carbocycles. The molecule has 0 aliphatic heterocycles. The molecule has 1 heterocycles. The average Bonchev–Trinajstić information content (AvgIpc) is 2.40. The minimum Gasteiger partial charge on any atom is -0.388 e. The van der Waals surface area contributed by atoms with Gasteiger partial charge in [-0.25, -0.2) is 4.98 Å². The molecule has 1 aromatic heterocycles. The number of hydrogen-bond donors (Lipinski definition) is 1. The van der Waals surface area contributed by atoms with Crippen LogP contribution in [0, 0.1) is 0 Å². The van der Waals surface area contributed by atoms with E-state index < -0.39 is 6.10 Å². The van der Waals surface area contributed by atoms with Crippen molar-refractivity contribution in [2.45, 2.75) is 29.4 Å². The predicted octanol–water partition coefficient (Wildman–Crippen LogP) is 3.68. The fourth-order valence-corrected chi connectivity index (χ4v) is 2.27. The van der Waals surface area contributed by atoms with E-state index in [0.29, 0.717) is 6.42 Å². The molecule has 0 saturated heterocycles. The number of hydrogen-bond acceptors (Lipinski definition) is 3. The van der Waals surface area contributed by atoms with Crippen LogP contribution in [0.25, 0.3) is 0 Å². The van der Waals surface area contributed by atoms with Crippen LogP contribution in [-0.2, 0) is 0 Å². The number of aliphatic hydroxyl groups is 1. The lowest BCUT2D eigenvalue weighted by Gasteiger charge is -2.07. The zero-order valence-corrected chi connectivity index (χ0v) is 10.5. The van der Waals surface area contributed by atoms with Crippen molar-refractivity contribution in [1.29, 1.82) is 0 Å². The molecule has 3 heteroatoms. The summed E-state index contributed by atoms with van der Waals surface area (Å²) < 4.78 is 0. The van der Waals surface area contributed by atoms with Gasteiger partial charge in [0.2, 0.25) is 0 Å². The molecule has 2 rings (SSSR count). The zero-order chi connectivity index (χ0) is 12.1. The van der Waals surface area contributed by atoms with E-state index in [0.717, 1.165) is 10.6 Å². The summed E-state index contributed by atoms with van der Waals surface area (Å²) in [7, 11) is 0. The molecule has 2 nitrogen and oxygen atoms in total. The molecule has 88 valence electrons. The smallest absolute Gasteiger partial charge is 0.101 e. The summed E-state index contributed by atoms with van der Waals surface area (Å²) >= 11 is 1.62. The summed E-state index contributed by atoms with van der Waals surface area (Å²) in [6.45, 7) is 1.96. The molecule has 1 atom stereocenters. The van der Waals surface area contributed by atoms with Crippen LogP contribution in [0.1, 0.15) is 25.0 Å². The SMILES string of the molecule is CC[C@@H](O)c1ccc(Sc2ccccc2)nc1. The first kappa shape index (κ1) is 12.1. The summed E-state index contributed by atoms with van der Waals surface area (Å²) in [6, 6.07) is 14.0. The minimum atomic E-state index is -0.404. The highest BCUT2D eigenvalue weighted by Crippen LogP contribution is 2.26. The third-order valence-electron chi connectivity index (χ3n) is 2.50. The van der Waals surface area contributed by atoms with Crippen LogP contribution < -0.4 is 0 Å². The molecule has 0 spiro atoms. The lowest BCUT2D eigenvalue weighted by Crippen LogP contribution is -1.95. The van der Waals surface area contributed by atoms with Gasteiger partial charge in [0, 0.05) is 11.1 Å². The standard InChI is InChI=1S/C14H15NOS/c1-2-13(16)11-8-9-14(15-10-11)17-12-6-4-3-5-7-12/h3-10,13,16H,2H2,1H3/t13-/m1/s1. The first-order chi connectivity index (χ1) is 8.29. The van der Waals surface area contributed by atoms with Crippen molar-refractivity contribution in [3.05, 3.63) is 54.2 Å². The van der Waals surface area contributed by atoms with Gasteiger partial charge in [0.15, 0.2) is 0 Å². The second-order valence-corrected chi connectivity index (χ2v) is 4.86. The number of benzene rings is 1. The molecule has 0 fully saturated rings. The van der Waals surface area contributed by atoms with Crippen molar-refractivity contribution < 1.29 is 5.11 Å². The van der Waals surface area contributed by atoms with Crippen molar-refractivity contribution in [2.24, 2.45) is 0 Å². The van der Waals surface area contributed by atoms with E-state index in [-0.39, 0.29) is 0 Å². The third-order valence-corrected chi connectivity index (χ3v) is 3.45. The Morgan fingerprint density at radius 1 is 1.18 bits per heavy atom. The van der Waals surface area contributed by atoms with Crippen molar-refractivity contribution in [3.8, 4) is 0 Å². The maximum absolute atomic E-state index is 9.66.